The molecule has 0 aromatic carbocycles. The van der Waals surface area contributed by atoms with Crippen LogP contribution in [0.4, 0.5) is 0 Å². The first-order chi connectivity index (χ1) is 7.70. The highest BCUT2D eigenvalue weighted by atomic mass is 16.5. The van der Waals surface area contributed by atoms with E-state index in [9.17, 15) is 0 Å². The molecule has 5 heteroatoms. The van der Waals surface area contributed by atoms with Gasteiger partial charge in [0.2, 0.25) is 0 Å². The largest absolute Gasteiger partial charge is 0.378 e. The average Bonchev–Trinajstić information content (AvgIpc) is 2.61. The molecule has 0 amide bonds. The lowest BCUT2D eigenvalue weighted by molar-refractivity contribution is -0.0122. The fourth-order valence-electron chi connectivity index (χ4n) is 2.19. The van der Waals surface area contributed by atoms with Gasteiger partial charge in [0.25, 0.3) is 0 Å². The van der Waals surface area contributed by atoms with Crippen molar-refractivity contribution in [1.82, 2.24) is 20.1 Å². The van der Waals surface area contributed by atoms with E-state index < -0.39 is 0 Å². The second kappa shape index (κ2) is 4.93. The van der Waals surface area contributed by atoms with Crippen molar-refractivity contribution in [2.45, 2.75) is 44.9 Å². The fourth-order valence-corrected chi connectivity index (χ4v) is 2.19. The molecule has 0 bridgehead atoms. The molecule has 0 spiro atoms. The minimum Gasteiger partial charge on any atom is -0.378 e. The van der Waals surface area contributed by atoms with Crippen molar-refractivity contribution in [3.8, 4) is 0 Å². The van der Waals surface area contributed by atoms with E-state index >= 15 is 0 Å². The normalized spacial score (nSPS) is 26.4. The zero-order valence-corrected chi connectivity index (χ0v) is 10.2. The first-order valence-corrected chi connectivity index (χ1v) is 5.92. The Morgan fingerprint density at radius 1 is 1.62 bits per heavy atom. The molecule has 1 aromatic heterocycles. The lowest BCUT2D eigenvalue weighted by Gasteiger charge is -2.37. The summed E-state index contributed by atoms with van der Waals surface area (Å²) in [5.74, 6) is 0.986. The monoisotopic (exact) mass is 224 g/mol. The molecular weight excluding hydrogens is 204 g/mol. The molecule has 90 valence electrons. The van der Waals surface area contributed by atoms with Crippen LogP contribution in [0.1, 0.15) is 38.6 Å². The lowest BCUT2D eigenvalue weighted by atomic mass is 9.88. The number of aromatic nitrogens is 3. The van der Waals surface area contributed by atoms with Gasteiger partial charge in [0.05, 0.1) is 12.1 Å². The van der Waals surface area contributed by atoms with E-state index in [0.29, 0.717) is 12.1 Å². The Bertz CT molecular complexity index is 332. The zero-order chi connectivity index (χ0) is 11.5. The Morgan fingerprint density at radius 2 is 2.38 bits per heavy atom. The van der Waals surface area contributed by atoms with Crippen LogP contribution in [-0.2, 0) is 11.8 Å². The maximum Gasteiger partial charge on any atom is 0.149 e. The Kier molecular flexibility index (Phi) is 3.56. The molecule has 1 heterocycles. The van der Waals surface area contributed by atoms with Gasteiger partial charge in [-0.05, 0) is 26.7 Å². The molecule has 1 aromatic rings. The molecule has 2 rings (SSSR count). The highest BCUT2D eigenvalue weighted by molar-refractivity contribution is 4.96. The van der Waals surface area contributed by atoms with E-state index in [2.05, 4.69) is 22.4 Å². The molecule has 1 unspecified atom stereocenters. The molecule has 1 aliphatic rings. The minimum atomic E-state index is 0.250. The van der Waals surface area contributed by atoms with E-state index in [0.717, 1.165) is 25.3 Å². The van der Waals surface area contributed by atoms with Gasteiger partial charge in [0, 0.05) is 19.7 Å². The van der Waals surface area contributed by atoms with Gasteiger partial charge in [0.15, 0.2) is 0 Å². The first-order valence-electron chi connectivity index (χ1n) is 5.92. The summed E-state index contributed by atoms with van der Waals surface area (Å²) in [6, 6.07) is 0.809. The van der Waals surface area contributed by atoms with Crippen molar-refractivity contribution in [3.05, 3.63) is 12.2 Å². The fraction of sp³-hybridized carbons (Fsp3) is 0.818. The second-order valence-corrected chi connectivity index (χ2v) is 4.43. The maximum absolute atomic E-state index is 5.53. The summed E-state index contributed by atoms with van der Waals surface area (Å²) >= 11 is 0. The van der Waals surface area contributed by atoms with E-state index in [1.54, 1.807) is 6.33 Å². The predicted octanol–water partition coefficient (Wildman–Crippen LogP) is 1.03. The van der Waals surface area contributed by atoms with E-state index in [-0.39, 0.29) is 6.04 Å². The third-order valence-corrected chi connectivity index (χ3v) is 3.12. The molecule has 1 saturated carbocycles. The molecule has 0 radical (unpaired) electrons. The molecule has 1 fully saturated rings. The van der Waals surface area contributed by atoms with Crippen molar-refractivity contribution in [2.75, 3.05) is 6.61 Å². The minimum absolute atomic E-state index is 0.250. The van der Waals surface area contributed by atoms with Gasteiger partial charge in [-0.3, -0.25) is 0 Å². The van der Waals surface area contributed by atoms with E-state index in [1.165, 1.54) is 0 Å². The summed E-state index contributed by atoms with van der Waals surface area (Å²) in [5, 5.41) is 11.5. The van der Waals surface area contributed by atoms with Crippen LogP contribution < -0.4 is 5.32 Å². The van der Waals surface area contributed by atoms with Gasteiger partial charge in [-0.15, -0.1) is 10.2 Å². The van der Waals surface area contributed by atoms with Crippen LogP contribution in [-0.4, -0.2) is 33.5 Å². The Morgan fingerprint density at radius 3 is 2.94 bits per heavy atom. The summed E-state index contributed by atoms with van der Waals surface area (Å²) < 4.78 is 7.49. The second-order valence-electron chi connectivity index (χ2n) is 4.43. The molecule has 1 aliphatic carbocycles. The van der Waals surface area contributed by atoms with Crippen LogP contribution in [0.15, 0.2) is 6.33 Å². The standard InChI is InChI=1S/C11H20N4O/c1-4-16-10-5-9(6-10)13-8(2)11-14-12-7-15(11)3/h7-10,13H,4-6H2,1-3H3. The number of rotatable bonds is 5. The summed E-state index contributed by atoms with van der Waals surface area (Å²) in [7, 11) is 1.97. The average molecular weight is 224 g/mol. The van der Waals surface area contributed by atoms with Crippen LogP contribution in [0.2, 0.25) is 0 Å². The third kappa shape index (κ3) is 2.41. The number of aryl methyl sites for hydroxylation is 1. The van der Waals surface area contributed by atoms with Crippen LogP contribution in [0.5, 0.6) is 0 Å². The summed E-state index contributed by atoms with van der Waals surface area (Å²) in [4.78, 5) is 0. The van der Waals surface area contributed by atoms with Crippen molar-refractivity contribution in [3.63, 3.8) is 0 Å². The van der Waals surface area contributed by atoms with Crippen molar-refractivity contribution < 1.29 is 4.74 Å². The van der Waals surface area contributed by atoms with Gasteiger partial charge in [-0.2, -0.15) is 0 Å². The van der Waals surface area contributed by atoms with Crippen LogP contribution in [0, 0.1) is 0 Å². The quantitative estimate of drug-likeness (QED) is 0.811. The number of hydrogen-bond acceptors (Lipinski definition) is 4. The number of hydrogen-bond donors (Lipinski definition) is 1. The van der Waals surface area contributed by atoms with E-state index in [4.69, 9.17) is 4.74 Å². The van der Waals surface area contributed by atoms with Crippen LogP contribution in [0.3, 0.4) is 0 Å². The molecule has 0 aliphatic heterocycles. The smallest absolute Gasteiger partial charge is 0.149 e. The van der Waals surface area contributed by atoms with Crippen LogP contribution >= 0.6 is 0 Å². The topological polar surface area (TPSA) is 52.0 Å². The highest BCUT2D eigenvalue weighted by Gasteiger charge is 2.31. The van der Waals surface area contributed by atoms with Gasteiger partial charge >= 0.3 is 0 Å². The number of ether oxygens (including phenoxy) is 1. The zero-order valence-electron chi connectivity index (χ0n) is 10.2. The van der Waals surface area contributed by atoms with Crippen LogP contribution in [0.25, 0.3) is 0 Å². The van der Waals surface area contributed by atoms with Gasteiger partial charge in [-0.1, -0.05) is 0 Å². The van der Waals surface area contributed by atoms with Gasteiger partial charge in [0.1, 0.15) is 12.2 Å². The highest BCUT2D eigenvalue weighted by Crippen LogP contribution is 2.25. The SMILES string of the molecule is CCOC1CC(NC(C)c2nncn2C)C1. The molecule has 1 atom stereocenters. The summed E-state index contributed by atoms with van der Waals surface area (Å²) in [6.07, 6.45) is 4.40. The van der Waals surface area contributed by atoms with Gasteiger partial charge in [-0.25, -0.2) is 0 Å². The molecular formula is C11H20N4O. The van der Waals surface area contributed by atoms with Crippen molar-refractivity contribution in [2.24, 2.45) is 7.05 Å². The predicted molar refractivity (Wildman–Crippen MR) is 61.0 cm³/mol. The molecule has 1 N–H and O–H groups in total. The number of nitrogens with one attached hydrogen (secondary N) is 1. The lowest BCUT2D eigenvalue weighted by Crippen LogP contribution is -2.46. The molecule has 5 nitrogen and oxygen atoms in total. The Balaban J connectivity index is 1.77. The Hall–Kier alpha value is -0.940. The van der Waals surface area contributed by atoms with Gasteiger partial charge < -0.3 is 14.6 Å². The van der Waals surface area contributed by atoms with Crippen molar-refractivity contribution in [1.29, 1.82) is 0 Å². The number of nitrogens with zero attached hydrogens (tertiary/aromatic N) is 3. The van der Waals surface area contributed by atoms with E-state index in [1.807, 2.05) is 18.5 Å². The van der Waals surface area contributed by atoms with Crippen molar-refractivity contribution >= 4 is 0 Å². The maximum atomic E-state index is 5.53. The summed E-state index contributed by atoms with van der Waals surface area (Å²) in [6.45, 7) is 4.98. The summed E-state index contributed by atoms with van der Waals surface area (Å²) in [5.41, 5.74) is 0. The molecule has 16 heavy (non-hydrogen) atoms. The Labute approximate surface area is 96.2 Å². The third-order valence-electron chi connectivity index (χ3n) is 3.12. The first kappa shape index (κ1) is 11.5. The molecule has 0 saturated heterocycles.